The van der Waals surface area contributed by atoms with E-state index in [2.05, 4.69) is 43.5 Å². The molecule has 0 radical (unpaired) electrons. The standard InChI is InChI=1S/C53H74IN7O15S/c1-8-34(54)42(50(69)60(6)37(28(2)3)25-40(74-30(5)62)49-58-36(27-77-49)47(67)56-33(22-29(4)51(70)71)23-31-14-10-9-11-15-31)59-48(68)38-16-12-13-21-61(38,7)26-32-17-18-39(35(24-32)57-41(63)19-20-55)75-53-45(66)43(64)44(65)46(76-53)52(72)73/h9-11,14-15,17-18,24,27-29,33-34,37-38,40,42-46,53,64-66H,8,12-13,16,19-23,25-26,55H2,1-7H3,(H4-,56,57,59,63,67,68,70,71,72,73)/p+1/t29-,33+,34?,37+,38?,40+,42-,43-,44-,45+,46-,53+,61?/m0/s1. The quantitative estimate of drug-likeness (QED) is 0.0240. The molecule has 0 bridgehead atoms. The molecule has 10 N–H and O–H groups in total. The number of quaternary nitrogens is 1. The fourth-order valence-corrected chi connectivity index (χ4v) is 11.2. The summed E-state index contributed by atoms with van der Waals surface area (Å²) in [5, 5.41) is 61.2. The number of aliphatic hydroxyl groups excluding tert-OH is 3. The first kappa shape index (κ1) is 62.5. The van der Waals surface area contributed by atoms with Gasteiger partial charge in [0, 0.05) is 66.7 Å². The number of nitrogens with one attached hydrogen (secondary N) is 3. The Balaban J connectivity index is 1.35. The highest BCUT2D eigenvalue weighted by molar-refractivity contribution is 14.1. The lowest BCUT2D eigenvalue weighted by molar-refractivity contribution is -0.942. The maximum Gasteiger partial charge on any atom is 0.335 e. The normalized spacial score (nSPS) is 23.8. The number of rotatable bonds is 26. The second-order valence-electron chi connectivity index (χ2n) is 20.6. The number of ether oxygens (including phenoxy) is 3. The van der Waals surface area contributed by atoms with Crippen LogP contribution in [0.1, 0.15) is 112 Å². The molecule has 424 valence electrons. The number of carbonyl (C=O) groups excluding carboxylic acids is 5. The maximum atomic E-state index is 14.9. The predicted octanol–water partition coefficient (Wildman–Crippen LogP) is 3.53. The van der Waals surface area contributed by atoms with Gasteiger partial charge < -0.3 is 70.8 Å². The Bertz CT molecular complexity index is 2520. The lowest BCUT2D eigenvalue weighted by atomic mass is 9.94. The van der Waals surface area contributed by atoms with Gasteiger partial charge in [-0.05, 0) is 61.8 Å². The van der Waals surface area contributed by atoms with Gasteiger partial charge in [-0.15, -0.1) is 11.3 Å². The minimum atomic E-state index is -1.95. The molecule has 2 aliphatic rings. The minimum absolute atomic E-state index is 0.0243. The van der Waals surface area contributed by atoms with Gasteiger partial charge in [-0.2, -0.15) is 0 Å². The van der Waals surface area contributed by atoms with E-state index in [-0.39, 0.29) is 75.6 Å². The molecule has 2 saturated heterocycles. The molecule has 1 aromatic heterocycles. The molecular weight excluding hydrogens is 1130 g/mol. The third kappa shape index (κ3) is 16.8. The third-order valence-corrected chi connectivity index (χ3v) is 16.7. The van der Waals surface area contributed by atoms with Gasteiger partial charge in [0.1, 0.15) is 47.3 Å². The van der Waals surface area contributed by atoms with Crippen LogP contribution in [0.25, 0.3) is 0 Å². The first-order valence-electron chi connectivity index (χ1n) is 25.8. The number of carboxylic acid groups (broad SMARTS) is 2. The average molecular weight is 1210 g/mol. The number of carboxylic acids is 2. The van der Waals surface area contributed by atoms with Gasteiger partial charge in [0.15, 0.2) is 18.2 Å². The van der Waals surface area contributed by atoms with Crippen molar-refractivity contribution in [3.05, 3.63) is 75.7 Å². The summed E-state index contributed by atoms with van der Waals surface area (Å²) in [4.78, 5) is 98.6. The van der Waals surface area contributed by atoms with Gasteiger partial charge in [0.25, 0.3) is 11.8 Å². The number of nitrogens with two attached hydrogens (primary N) is 1. The Morgan fingerprint density at radius 3 is 2.29 bits per heavy atom. The molecule has 22 nitrogen and oxygen atoms in total. The highest BCUT2D eigenvalue weighted by Gasteiger charge is 2.49. The van der Waals surface area contributed by atoms with Crippen LogP contribution in [0.4, 0.5) is 5.69 Å². The van der Waals surface area contributed by atoms with E-state index in [1.807, 2.05) is 58.2 Å². The van der Waals surface area contributed by atoms with Crippen LogP contribution in [0.2, 0.25) is 0 Å². The van der Waals surface area contributed by atoms with E-state index >= 15 is 0 Å². The molecular formula is C53H75IN7O15S+. The number of anilines is 1. The zero-order valence-corrected chi connectivity index (χ0v) is 47.5. The van der Waals surface area contributed by atoms with Crippen molar-refractivity contribution < 1.29 is 77.8 Å². The number of carbonyl (C=O) groups is 7. The fourth-order valence-electron chi connectivity index (χ4n) is 9.88. The number of hydrogen-bond donors (Lipinski definition) is 9. The number of nitrogens with zero attached hydrogens (tertiary/aromatic N) is 3. The number of piperidine rings is 1. The van der Waals surface area contributed by atoms with Gasteiger partial charge in [-0.1, -0.05) is 80.6 Å². The smallest absolute Gasteiger partial charge is 0.335 e. The summed E-state index contributed by atoms with van der Waals surface area (Å²) >= 11 is 3.30. The van der Waals surface area contributed by atoms with Crippen LogP contribution in [0.3, 0.4) is 0 Å². The molecule has 3 unspecified atom stereocenters. The monoisotopic (exact) mass is 1210 g/mol. The number of esters is 1. The van der Waals surface area contributed by atoms with Crippen LogP contribution in [-0.4, -0.2) is 167 Å². The van der Waals surface area contributed by atoms with Crippen LogP contribution in [0.15, 0.2) is 53.9 Å². The van der Waals surface area contributed by atoms with E-state index in [9.17, 15) is 59.1 Å². The summed E-state index contributed by atoms with van der Waals surface area (Å²) < 4.78 is 16.9. The number of aliphatic carboxylic acids is 2. The van der Waals surface area contributed by atoms with Crippen molar-refractivity contribution in [1.82, 2.24) is 20.5 Å². The molecule has 13 atom stereocenters. The summed E-state index contributed by atoms with van der Waals surface area (Å²) in [5.74, 6) is -5.84. The number of alkyl halides is 1. The first-order chi connectivity index (χ1) is 36.4. The molecule has 0 aliphatic carbocycles. The van der Waals surface area contributed by atoms with Gasteiger partial charge in [-0.3, -0.25) is 28.8 Å². The first-order valence-corrected chi connectivity index (χ1v) is 28.0. The number of likely N-dealkylation sites (N-methyl/N-ethyl adjacent to an activating group) is 2. The van der Waals surface area contributed by atoms with Crippen molar-refractivity contribution in [1.29, 1.82) is 0 Å². The lowest BCUT2D eigenvalue weighted by Crippen LogP contribution is -2.63. The summed E-state index contributed by atoms with van der Waals surface area (Å²) in [5.41, 5.74) is 7.40. The molecule has 24 heteroatoms. The fraction of sp³-hybridized carbons (Fsp3) is 0.585. The van der Waals surface area contributed by atoms with E-state index in [1.54, 1.807) is 36.4 Å². The third-order valence-electron chi connectivity index (χ3n) is 14.2. The van der Waals surface area contributed by atoms with Crippen LogP contribution in [0, 0.1) is 11.8 Å². The second kappa shape index (κ2) is 28.5. The predicted molar refractivity (Wildman–Crippen MR) is 292 cm³/mol. The zero-order chi connectivity index (χ0) is 56.9. The molecule has 3 heterocycles. The number of benzene rings is 2. The molecule has 0 saturated carbocycles. The van der Waals surface area contributed by atoms with Crippen LogP contribution >= 0.6 is 33.9 Å². The van der Waals surface area contributed by atoms with Gasteiger partial charge in [-0.25, -0.2) is 9.78 Å². The van der Waals surface area contributed by atoms with E-state index < -0.39 is 96.6 Å². The van der Waals surface area contributed by atoms with Crippen molar-refractivity contribution in [3.8, 4) is 5.75 Å². The molecule has 77 heavy (non-hydrogen) atoms. The number of aliphatic hydroxyl groups is 3. The largest absolute Gasteiger partial charge is 0.481 e. The molecule has 5 rings (SSSR count). The number of likely N-dealkylation sites (tertiary alicyclic amines) is 1. The summed E-state index contributed by atoms with van der Waals surface area (Å²) in [6.07, 6.45) is -7.21. The molecule has 2 aliphatic heterocycles. The van der Waals surface area contributed by atoms with Crippen molar-refractivity contribution in [2.45, 2.75) is 157 Å². The summed E-state index contributed by atoms with van der Waals surface area (Å²) in [7, 11) is 3.59. The topological polar surface area (TPSA) is 327 Å². The molecule has 2 aromatic carbocycles. The van der Waals surface area contributed by atoms with Crippen molar-refractivity contribution in [2.75, 3.05) is 32.5 Å². The SMILES string of the molecule is CCC(I)[C@H](NC(=O)C1CCCC[N+]1(C)Cc1ccc(O[C@@H]2O[C@H](C(=O)O)[C@@H](O)[C@H](O)[C@H]2O)c(NC(=O)CCN)c1)C(=O)N(C)[C@H](C[C@@H](OC(C)=O)c1nc(C(=O)N[C@@H](Cc2ccccc2)C[C@H](C)C(=O)O)cs1)C(C)C. The maximum absolute atomic E-state index is 14.9. The van der Waals surface area contributed by atoms with Crippen LogP contribution < -0.4 is 26.4 Å². The second-order valence-corrected chi connectivity index (χ2v) is 23.0. The number of aromatic nitrogens is 1. The number of amides is 4. The Morgan fingerprint density at radius 2 is 1.66 bits per heavy atom. The Kier molecular flexibility index (Phi) is 23.1. The van der Waals surface area contributed by atoms with Gasteiger partial charge in [0.05, 0.1) is 25.2 Å². The van der Waals surface area contributed by atoms with Crippen molar-refractivity contribution in [3.63, 3.8) is 0 Å². The zero-order valence-electron chi connectivity index (χ0n) is 44.5. The van der Waals surface area contributed by atoms with Crippen molar-refractivity contribution >= 4 is 81.2 Å². The van der Waals surface area contributed by atoms with E-state index in [0.717, 1.165) is 29.7 Å². The van der Waals surface area contributed by atoms with Gasteiger partial charge >= 0.3 is 17.9 Å². The highest BCUT2D eigenvalue weighted by atomic mass is 127. The number of thiazole rings is 1. The van der Waals surface area contributed by atoms with E-state index in [0.29, 0.717) is 36.4 Å². The molecule has 4 amide bonds. The van der Waals surface area contributed by atoms with Crippen molar-refractivity contribution in [2.24, 2.45) is 17.6 Å². The average Bonchev–Trinajstić information content (AvgIpc) is 3.89. The van der Waals surface area contributed by atoms with Crippen LogP contribution in [-0.2, 0) is 51.2 Å². The number of hydrogen-bond acceptors (Lipinski definition) is 16. The Labute approximate surface area is 466 Å². The van der Waals surface area contributed by atoms with Gasteiger partial charge in [0.2, 0.25) is 18.1 Å². The minimum Gasteiger partial charge on any atom is -0.481 e. The lowest BCUT2D eigenvalue weighted by Gasteiger charge is -2.44. The summed E-state index contributed by atoms with van der Waals surface area (Å²) in [6.45, 7) is 9.49. The molecule has 0 spiro atoms. The highest BCUT2D eigenvalue weighted by Crippen LogP contribution is 2.35. The molecule has 3 aromatic rings. The Hall–Kier alpha value is -5.35. The number of halogens is 1. The van der Waals surface area contributed by atoms with E-state index in [4.69, 9.17) is 19.9 Å². The Morgan fingerprint density at radius 1 is 0.961 bits per heavy atom. The van der Waals surface area contributed by atoms with Crippen LogP contribution in [0.5, 0.6) is 5.75 Å². The van der Waals surface area contributed by atoms with E-state index in [1.165, 1.54) is 13.0 Å². The molecule has 2 fully saturated rings. The summed E-state index contributed by atoms with van der Waals surface area (Å²) in [6, 6.07) is 11.5.